The summed E-state index contributed by atoms with van der Waals surface area (Å²) in [7, 11) is -2.34. The number of anilines is 2. The van der Waals surface area contributed by atoms with Crippen LogP contribution in [0.2, 0.25) is 0 Å². The summed E-state index contributed by atoms with van der Waals surface area (Å²) in [5.74, 6) is -2.17. The van der Waals surface area contributed by atoms with Gasteiger partial charge in [0.15, 0.2) is 9.84 Å². The van der Waals surface area contributed by atoms with Gasteiger partial charge < -0.3 is 15.6 Å². The number of alkyl halides is 6. The number of carbonyl (C=O) groups is 1. The average molecular weight is 633 g/mol. The normalized spacial score (nSPS) is 12.7. The van der Waals surface area contributed by atoms with Gasteiger partial charge in [0.25, 0.3) is 0 Å². The minimum absolute atomic E-state index is 0.00765. The molecule has 3 rings (SSSR count). The number of carbonyl (C=O) groups excluding carboxylic acids is 1. The highest BCUT2D eigenvalue weighted by Gasteiger charge is 2.41. The first kappa shape index (κ1) is 33.5. The monoisotopic (exact) mass is 632 g/mol. The number of aryl methyl sites for hydroxylation is 1. The predicted octanol–water partition coefficient (Wildman–Crippen LogP) is 6.59. The second kappa shape index (κ2) is 11.6. The molecular formula is C28H27F7N4O3S. The van der Waals surface area contributed by atoms with Crippen LogP contribution in [0.4, 0.5) is 42.2 Å². The summed E-state index contributed by atoms with van der Waals surface area (Å²) in [6, 6.07) is 4.55. The van der Waals surface area contributed by atoms with Gasteiger partial charge in [-0.05, 0) is 67.8 Å². The van der Waals surface area contributed by atoms with E-state index in [0.29, 0.717) is 23.3 Å². The fraction of sp³-hybridized carbons (Fsp3) is 0.321. The molecule has 3 aromatic rings. The molecule has 0 saturated carbocycles. The molecule has 232 valence electrons. The molecule has 0 aliphatic carbocycles. The molecule has 1 aromatic heterocycles. The van der Waals surface area contributed by atoms with E-state index in [9.17, 15) is 43.9 Å². The van der Waals surface area contributed by atoms with E-state index in [1.54, 1.807) is 0 Å². The van der Waals surface area contributed by atoms with Crippen LogP contribution in [0.3, 0.4) is 0 Å². The van der Waals surface area contributed by atoms with E-state index in [0.717, 1.165) is 43.5 Å². The van der Waals surface area contributed by atoms with Crippen molar-refractivity contribution in [2.75, 3.05) is 29.4 Å². The Morgan fingerprint density at radius 3 is 2.00 bits per heavy atom. The summed E-state index contributed by atoms with van der Waals surface area (Å²) in [6.45, 7) is 3.86. The van der Waals surface area contributed by atoms with Crippen molar-refractivity contribution in [1.82, 2.24) is 4.98 Å². The van der Waals surface area contributed by atoms with Crippen molar-refractivity contribution in [3.63, 3.8) is 0 Å². The Balaban J connectivity index is 2.25. The van der Waals surface area contributed by atoms with Gasteiger partial charge >= 0.3 is 12.4 Å². The molecule has 0 unspecified atom stereocenters. The van der Waals surface area contributed by atoms with Gasteiger partial charge in [0, 0.05) is 30.6 Å². The van der Waals surface area contributed by atoms with Gasteiger partial charge in [-0.2, -0.15) is 26.3 Å². The van der Waals surface area contributed by atoms with Crippen LogP contribution in [0.1, 0.15) is 41.7 Å². The number of sulfone groups is 1. The van der Waals surface area contributed by atoms with Crippen LogP contribution in [0.15, 0.2) is 42.6 Å². The van der Waals surface area contributed by atoms with Crippen LogP contribution in [0.25, 0.3) is 11.1 Å². The third kappa shape index (κ3) is 7.32. The van der Waals surface area contributed by atoms with Crippen LogP contribution < -0.4 is 10.2 Å². The second-order valence-electron chi connectivity index (χ2n) is 10.4. The minimum Gasteiger partial charge on any atom is -0.356 e. The van der Waals surface area contributed by atoms with Crippen LogP contribution in [-0.4, -0.2) is 44.7 Å². The number of benzene rings is 2. The van der Waals surface area contributed by atoms with Gasteiger partial charge in [0.1, 0.15) is 17.5 Å². The molecule has 1 heterocycles. The topological polar surface area (TPSA) is 103 Å². The molecule has 15 heteroatoms. The zero-order valence-electron chi connectivity index (χ0n) is 23.5. The van der Waals surface area contributed by atoms with Crippen molar-refractivity contribution in [2.45, 2.75) is 38.5 Å². The SMILES string of the molecule is Cc1cc(F)ccc1-c1c(N(C)C(=O)C(C)(C)c2cc(C(F)(F)F)cc(C(F)(F)F)c2)cnc(NCS(C)(=O)=O)c1C=N. The predicted molar refractivity (Wildman–Crippen MR) is 148 cm³/mol. The maximum atomic E-state index is 14.0. The molecule has 0 radical (unpaired) electrons. The largest absolute Gasteiger partial charge is 0.416 e. The highest BCUT2D eigenvalue weighted by atomic mass is 32.2. The Bertz CT molecular complexity index is 1650. The summed E-state index contributed by atoms with van der Waals surface area (Å²) < 4.78 is 119. The third-order valence-corrected chi connectivity index (χ3v) is 7.38. The zero-order chi connectivity index (χ0) is 32.7. The molecule has 0 aliphatic rings. The van der Waals surface area contributed by atoms with Gasteiger partial charge in [0.2, 0.25) is 5.91 Å². The highest BCUT2D eigenvalue weighted by molar-refractivity contribution is 7.90. The summed E-state index contributed by atoms with van der Waals surface area (Å²) >= 11 is 0. The Kier molecular flexibility index (Phi) is 9.02. The van der Waals surface area contributed by atoms with E-state index in [4.69, 9.17) is 5.41 Å². The van der Waals surface area contributed by atoms with E-state index in [-0.39, 0.29) is 28.7 Å². The van der Waals surface area contributed by atoms with Crippen molar-refractivity contribution in [1.29, 1.82) is 5.41 Å². The van der Waals surface area contributed by atoms with E-state index < -0.39 is 61.9 Å². The fourth-order valence-corrected chi connectivity index (χ4v) is 4.81. The maximum Gasteiger partial charge on any atom is 0.416 e. The second-order valence-corrected chi connectivity index (χ2v) is 12.6. The Morgan fingerprint density at radius 1 is 1.00 bits per heavy atom. The van der Waals surface area contributed by atoms with Crippen molar-refractivity contribution < 1.29 is 43.9 Å². The van der Waals surface area contributed by atoms with E-state index in [2.05, 4.69) is 10.3 Å². The molecule has 0 bridgehead atoms. The van der Waals surface area contributed by atoms with Crippen molar-refractivity contribution in [3.05, 3.63) is 76.2 Å². The zero-order valence-corrected chi connectivity index (χ0v) is 24.3. The summed E-state index contributed by atoms with van der Waals surface area (Å²) in [4.78, 5) is 19.0. The number of hydrogen-bond acceptors (Lipinski definition) is 6. The van der Waals surface area contributed by atoms with Gasteiger partial charge in [-0.3, -0.25) is 4.79 Å². The van der Waals surface area contributed by atoms with Gasteiger partial charge in [-0.1, -0.05) is 6.07 Å². The summed E-state index contributed by atoms with van der Waals surface area (Å²) in [5.41, 5.74) is -4.96. The Hall–Kier alpha value is -4.01. The Morgan fingerprint density at radius 2 is 1.53 bits per heavy atom. The first-order valence-electron chi connectivity index (χ1n) is 12.4. The molecule has 2 N–H and O–H groups in total. The number of nitrogens with one attached hydrogen (secondary N) is 2. The molecule has 43 heavy (non-hydrogen) atoms. The molecule has 0 aliphatic heterocycles. The molecule has 2 aromatic carbocycles. The lowest BCUT2D eigenvalue weighted by molar-refractivity contribution is -0.143. The standard InChI is InChI=1S/C28H27F7N4O3S/c1-15-8-19(29)6-7-20(15)23-21(12-36)24(38-14-43(5,41)42)37-13-22(23)39(4)25(40)26(2,3)16-9-17(27(30,31)32)11-18(10-16)28(33,34)35/h6-13,36H,14H2,1-5H3,(H,37,38). The molecule has 1 amide bonds. The van der Waals surface area contributed by atoms with Crippen LogP contribution in [0, 0.1) is 18.2 Å². The molecule has 0 fully saturated rings. The smallest absolute Gasteiger partial charge is 0.356 e. The number of hydrogen-bond donors (Lipinski definition) is 2. The number of likely N-dealkylation sites (N-methyl/N-ethyl adjacent to an activating group) is 1. The number of halogens is 7. The number of amides is 1. The van der Waals surface area contributed by atoms with Gasteiger partial charge in [-0.25, -0.2) is 17.8 Å². The number of rotatable bonds is 8. The number of nitrogens with zero attached hydrogens (tertiary/aromatic N) is 2. The van der Waals surface area contributed by atoms with E-state index >= 15 is 0 Å². The third-order valence-electron chi connectivity index (χ3n) is 6.71. The molecule has 0 saturated heterocycles. The number of aromatic nitrogens is 1. The summed E-state index contributed by atoms with van der Waals surface area (Å²) in [5, 5.41) is 10.6. The van der Waals surface area contributed by atoms with Gasteiger partial charge in [-0.15, -0.1) is 0 Å². The first-order chi connectivity index (χ1) is 19.6. The van der Waals surface area contributed by atoms with Crippen molar-refractivity contribution >= 4 is 33.5 Å². The van der Waals surface area contributed by atoms with Crippen molar-refractivity contribution in [2.24, 2.45) is 0 Å². The van der Waals surface area contributed by atoms with Crippen LogP contribution in [0.5, 0.6) is 0 Å². The quantitative estimate of drug-likeness (QED) is 0.216. The van der Waals surface area contributed by atoms with E-state index in [1.165, 1.54) is 26.1 Å². The molecular weight excluding hydrogens is 605 g/mol. The number of pyridine rings is 1. The highest BCUT2D eigenvalue weighted by Crippen LogP contribution is 2.42. The maximum absolute atomic E-state index is 14.0. The van der Waals surface area contributed by atoms with Crippen molar-refractivity contribution in [3.8, 4) is 11.1 Å². The fourth-order valence-electron chi connectivity index (χ4n) is 4.41. The molecule has 0 atom stereocenters. The Labute approximate surface area is 243 Å². The minimum atomic E-state index is -5.13. The van der Waals surface area contributed by atoms with Gasteiger partial charge in [0.05, 0.1) is 28.4 Å². The lowest BCUT2D eigenvalue weighted by atomic mass is 9.81. The lowest BCUT2D eigenvalue weighted by Gasteiger charge is -2.32. The molecule has 0 spiro atoms. The van der Waals surface area contributed by atoms with Crippen LogP contribution >= 0.6 is 0 Å². The first-order valence-corrected chi connectivity index (χ1v) is 14.4. The summed E-state index contributed by atoms with van der Waals surface area (Å²) in [6.07, 6.45) is -7.35. The van der Waals surface area contributed by atoms with Crippen LogP contribution in [-0.2, 0) is 32.4 Å². The lowest BCUT2D eigenvalue weighted by Crippen LogP contribution is -2.42. The molecule has 7 nitrogen and oxygen atoms in total. The average Bonchev–Trinajstić information content (AvgIpc) is 2.89. The van der Waals surface area contributed by atoms with E-state index in [1.807, 2.05) is 0 Å².